The molecule has 0 aromatic carbocycles. The van der Waals surface area contributed by atoms with E-state index >= 15 is 0 Å². The predicted octanol–water partition coefficient (Wildman–Crippen LogP) is 1.66. The molecule has 1 unspecified atom stereocenters. The molecule has 0 saturated heterocycles. The van der Waals surface area contributed by atoms with Crippen LogP contribution in [-0.2, 0) is 0 Å². The Hall–Kier alpha value is -3.28. The lowest BCUT2D eigenvalue weighted by molar-refractivity contribution is 0.0960. The lowest BCUT2D eigenvalue weighted by atomic mass is 10.0. The summed E-state index contributed by atoms with van der Waals surface area (Å²) >= 11 is 0. The molecule has 0 spiro atoms. The predicted molar refractivity (Wildman–Crippen MR) is 83.8 cm³/mol. The van der Waals surface area contributed by atoms with E-state index in [1.165, 1.54) is 0 Å². The minimum atomic E-state index is -0.528. The molecule has 0 bridgehead atoms. The first-order valence-corrected chi connectivity index (χ1v) is 7.14. The molecule has 3 aromatic rings. The largest absolute Gasteiger partial charge is 0.339 e. The molecule has 0 aliphatic carbocycles. The number of hydrogen-bond donors (Lipinski definition) is 2. The second-order valence-electron chi connectivity index (χ2n) is 5.22. The number of H-pyrrole nitrogens is 1. The Morgan fingerprint density at radius 1 is 0.957 bits per heavy atom. The zero-order valence-electron chi connectivity index (χ0n) is 12.0. The molecule has 112 valence electrons. The zero-order chi connectivity index (χ0) is 15.8. The number of aromatic amines is 1. The number of hydrogen-bond acceptors (Lipinski definition) is 4. The molecule has 0 radical (unpaired) electrons. The first-order chi connectivity index (χ1) is 11.2. The number of amides is 1. The van der Waals surface area contributed by atoms with Gasteiger partial charge in [0.15, 0.2) is 0 Å². The third kappa shape index (κ3) is 2.20. The van der Waals surface area contributed by atoms with Gasteiger partial charge in [0.25, 0.3) is 11.5 Å². The molecule has 23 heavy (non-hydrogen) atoms. The SMILES string of the molecule is O=C1NC(c2ccccn2)c2c1cc(-c1ccccn1)[nH]c2=O. The van der Waals surface area contributed by atoms with Crippen molar-refractivity contribution in [2.24, 2.45) is 0 Å². The molecule has 0 saturated carbocycles. The lowest BCUT2D eigenvalue weighted by Gasteiger charge is -2.10. The fraction of sp³-hybridized carbons (Fsp3) is 0.0588. The molecular formula is C17H12N4O2. The van der Waals surface area contributed by atoms with Crippen LogP contribution >= 0.6 is 0 Å². The van der Waals surface area contributed by atoms with Crippen LogP contribution in [0.5, 0.6) is 0 Å². The zero-order valence-corrected chi connectivity index (χ0v) is 12.0. The second kappa shape index (κ2) is 5.17. The first-order valence-electron chi connectivity index (χ1n) is 7.14. The molecule has 4 heterocycles. The summed E-state index contributed by atoms with van der Waals surface area (Å²) < 4.78 is 0. The van der Waals surface area contributed by atoms with Gasteiger partial charge in [0.2, 0.25) is 0 Å². The Morgan fingerprint density at radius 2 is 1.74 bits per heavy atom. The van der Waals surface area contributed by atoms with Crippen molar-refractivity contribution in [2.45, 2.75) is 6.04 Å². The van der Waals surface area contributed by atoms with Crippen LogP contribution < -0.4 is 10.9 Å². The van der Waals surface area contributed by atoms with E-state index in [1.807, 2.05) is 12.1 Å². The highest BCUT2D eigenvalue weighted by Crippen LogP contribution is 2.28. The average molecular weight is 304 g/mol. The standard InChI is InChI=1S/C17H12N4O2/c22-16-10-9-13(11-5-1-3-7-18-11)20-17(23)14(10)15(21-16)12-6-2-4-8-19-12/h1-9,15H,(H,20,23)(H,21,22). The number of fused-ring (bicyclic) bond motifs is 1. The summed E-state index contributed by atoms with van der Waals surface area (Å²) in [6.07, 6.45) is 3.27. The number of nitrogens with zero attached hydrogens (tertiary/aromatic N) is 2. The average Bonchev–Trinajstić information content (AvgIpc) is 2.94. The second-order valence-corrected chi connectivity index (χ2v) is 5.22. The van der Waals surface area contributed by atoms with Crippen molar-refractivity contribution < 1.29 is 4.79 Å². The number of nitrogens with one attached hydrogen (secondary N) is 2. The minimum absolute atomic E-state index is 0.279. The van der Waals surface area contributed by atoms with Crippen LogP contribution in [-0.4, -0.2) is 20.9 Å². The van der Waals surface area contributed by atoms with Crippen LogP contribution in [0.15, 0.2) is 59.7 Å². The number of carbonyl (C=O) groups excluding carboxylic acids is 1. The van der Waals surface area contributed by atoms with Gasteiger partial charge in [-0.05, 0) is 30.3 Å². The third-order valence-electron chi connectivity index (χ3n) is 3.80. The van der Waals surface area contributed by atoms with Gasteiger partial charge in [-0.15, -0.1) is 0 Å². The Labute approximate surface area is 131 Å². The molecule has 1 atom stereocenters. The minimum Gasteiger partial charge on any atom is -0.339 e. The maximum atomic E-state index is 12.5. The Balaban J connectivity index is 1.87. The summed E-state index contributed by atoms with van der Waals surface area (Å²) in [5.74, 6) is -0.279. The number of aromatic nitrogens is 3. The fourth-order valence-electron chi connectivity index (χ4n) is 2.75. The molecule has 1 amide bonds. The third-order valence-corrected chi connectivity index (χ3v) is 3.80. The van der Waals surface area contributed by atoms with Gasteiger partial charge in [-0.1, -0.05) is 12.1 Å². The van der Waals surface area contributed by atoms with Crippen molar-refractivity contribution in [1.82, 2.24) is 20.3 Å². The Bertz CT molecular complexity index is 936. The molecule has 3 aromatic heterocycles. The first kappa shape index (κ1) is 13.4. The van der Waals surface area contributed by atoms with Gasteiger partial charge in [0.05, 0.1) is 28.2 Å². The van der Waals surface area contributed by atoms with Gasteiger partial charge >= 0.3 is 0 Å². The summed E-state index contributed by atoms with van der Waals surface area (Å²) in [7, 11) is 0. The molecule has 6 nitrogen and oxygen atoms in total. The molecule has 4 rings (SSSR count). The Kier molecular flexibility index (Phi) is 3.01. The summed E-state index contributed by atoms with van der Waals surface area (Å²) in [5.41, 5.74) is 2.22. The molecule has 1 aliphatic rings. The number of carbonyl (C=O) groups is 1. The van der Waals surface area contributed by atoms with E-state index in [0.717, 1.165) is 0 Å². The van der Waals surface area contributed by atoms with Crippen LogP contribution in [0.4, 0.5) is 0 Å². The van der Waals surface area contributed by atoms with Gasteiger partial charge in [-0.25, -0.2) is 0 Å². The molecule has 6 heteroatoms. The quantitative estimate of drug-likeness (QED) is 0.754. The highest BCUT2D eigenvalue weighted by molar-refractivity contribution is 6.00. The van der Waals surface area contributed by atoms with Crippen LogP contribution in [0.2, 0.25) is 0 Å². The van der Waals surface area contributed by atoms with Gasteiger partial charge < -0.3 is 10.3 Å². The van der Waals surface area contributed by atoms with E-state index in [1.54, 1.807) is 42.7 Å². The van der Waals surface area contributed by atoms with Crippen molar-refractivity contribution in [1.29, 1.82) is 0 Å². The van der Waals surface area contributed by atoms with E-state index in [4.69, 9.17) is 0 Å². The fourth-order valence-corrected chi connectivity index (χ4v) is 2.75. The lowest BCUT2D eigenvalue weighted by Crippen LogP contribution is -2.23. The van der Waals surface area contributed by atoms with Gasteiger partial charge in [-0.3, -0.25) is 19.6 Å². The van der Waals surface area contributed by atoms with Gasteiger partial charge in [0, 0.05) is 12.4 Å². The van der Waals surface area contributed by atoms with E-state index in [9.17, 15) is 9.59 Å². The van der Waals surface area contributed by atoms with E-state index in [0.29, 0.717) is 28.2 Å². The van der Waals surface area contributed by atoms with Gasteiger partial charge in [0.1, 0.15) is 6.04 Å². The maximum absolute atomic E-state index is 12.5. The number of rotatable bonds is 2. The van der Waals surface area contributed by atoms with Crippen molar-refractivity contribution in [2.75, 3.05) is 0 Å². The van der Waals surface area contributed by atoms with Gasteiger partial charge in [-0.2, -0.15) is 0 Å². The summed E-state index contributed by atoms with van der Waals surface area (Å²) in [4.78, 5) is 36.0. The monoisotopic (exact) mass is 304 g/mol. The van der Waals surface area contributed by atoms with Crippen molar-refractivity contribution in [3.63, 3.8) is 0 Å². The van der Waals surface area contributed by atoms with Crippen LogP contribution in [0.25, 0.3) is 11.4 Å². The van der Waals surface area contributed by atoms with Crippen molar-refractivity contribution in [3.05, 3.63) is 82.0 Å². The van der Waals surface area contributed by atoms with E-state index in [-0.39, 0.29) is 11.5 Å². The van der Waals surface area contributed by atoms with Crippen LogP contribution in [0, 0.1) is 0 Å². The van der Waals surface area contributed by atoms with Crippen LogP contribution in [0.3, 0.4) is 0 Å². The van der Waals surface area contributed by atoms with Crippen molar-refractivity contribution in [3.8, 4) is 11.4 Å². The maximum Gasteiger partial charge on any atom is 0.254 e. The molecule has 0 fully saturated rings. The summed E-state index contributed by atoms with van der Waals surface area (Å²) in [6.45, 7) is 0. The number of pyridine rings is 3. The Morgan fingerprint density at radius 3 is 2.43 bits per heavy atom. The normalized spacial score (nSPS) is 16.0. The summed E-state index contributed by atoms with van der Waals surface area (Å²) in [6, 6.07) is 11.9. The van der Waals surface area contributed by atoms with E-state index in [2.05, 4.69) is 20.3 Å². The topological polar surface area (TPSA) is 87.7 Å². The highest BCUT2D eigenvalue weighted by Gasteiger charge is 2.33. The summed E-state index contributed by atoms with van der Waals surface area (Å²) in [5, 5.41) is 2.81. The highest BCUT2D eigenvalue weighted by atomic mass is 16.2. The van der Waals surface area contributed by atoms with E-state index < -0.39 is 6.04 Å². The molecule has 1 aliphatic heterocycles. The smallest absolute Gasteiger partial charge is 0.254 e. The molecular weight excluding hydrogens is 292 g/mol. The molecule has 2 N–H and O–H groups in total. The van der Waals surface area contributed by atoms with Crippen molar-refractivity contribution >= 4 is 5.91 Å². The van der Waals surface area contributed by atoms with Crippen LogP contribution in [0.1, 0.15) is 27.7 Å².